The third-order valence-electron chi connectivity index (χ3n) is 3.20. The molecule has 0 spiro atoms. The van der Waals surface area contributed by atoms with E-state index in [-0.39, 0.29) is 0 Å². The lowest BCUT2D eigenvalue weighted by atomic mass is 9.95. The summed E-state index contributed by atoms with van der Waals surface area (Å²) in [6.07, 6.45) is 8.76. The summed E-state index contributed by atoms with van der Waals surface area (Å²) in [5.74, 6) is 3.21. The average Bonchev–Trinajstić information content (AvgIpc) is 2.33. The van der Waals surface area contributed by atoms with Crippen molar-refractivity contribution < 1.29 is 9.84 Å². The lowest BCUT2D eigenvalue weighted by Gasteiger charge is -2.15. The number of terminal acetylenes is 1. The molecule has 0 saturated carbocycles. The van der Waals surface area contributed by atoms with Gasteiger partial charge in [0.25, 0.3) is 0 Å². The second-order valence-corrected chi connectivity index (χ2v) is 4.68. The van der Waals surface area contributed by atoms with Crippen molar-refractivity contribution in [1.82, 2.24) is 0 Å². The van der Waals surface area contributed by atoms with Crippen molar-refractivity contribution >= 4 is 6.08 Å². The molecule has 0 aliphatic carbocycles. The number of rotatable bonds is 3. The van der Waals surface area contributed by atoms with Crippen molar-refractivity contribution in [2.75, 3.05) is 7.11 Å². The number of hydrogen-bond acceptors (Lipinski definition) is 2. The van der Waals surface area contributed by atoms with Crippen molar-refractivity contribution in [1.29, 1.82) is 0 Å². The molecule has 1 N–H and O–H groups in total. The Hall–Kier alpha value is -1.72. The van der Waals surface area contributed by atoms with Gasteiger partial charge in [0.05, 0.1) is 7.11 Å². The molecule has 0 aliphatic rings. The molecular weight excluding hydrogens is 224 g/mol. The number of methoxy groups -OCH3 is 1. The Balaban J connectivity index is 3.28. The standard InChI is InChI=1S/C16H20O2/c1-7-16(5,17)9-8-14-11(2)10-15(18-6)13(4)12(14)3/h1,8-10,17H,2-6H3/b9-8+/t16-/m0/s1. The van der Waals surface area contributed by atoms with Crippen molar-refractivity contribution in [3.8, 4) is 18.1 Å². The summed E-state index contributed by atoms with van der Waals surface area (Å²) in [7, 11) is 1.67. The summed E-state index contributed by atoms with van der Waals surface area (Å²) in [6, 6.07) is 1.99. The maximum Gasteiger partial charge on any atom is 0.141 e. The predicted octanol–water partition coefficient (Wildman–Crippen LogP) is 3.02. The lowest BCUT2D eigenvalue weighted by Crippen LogP contribution is -2.16. The zero-order valence-electron chi connectivity index (χ0n) is 11.7. The van der Waals surface area contributed by atoms with E-state index in [1.165, 1.54) is 0 Å². The van der Waals surface area contributed by atoms with Gasteiger partial charge >= 0.3 is 0 Å². The summed E-state index contributed by atoms with van der Waals surface area (Å²) >= 11 is 0. The highest BCUT2D eigenvalue weighted by Crippen LogP contribution is 2.28. The SMILES string of the molecule is C#C[C@](C)(O)/C=C/c1c(C)cc(OC)c(C)c1C. The first-order valence-electron chi connectivity index (χ1n) is 5.86. The van der Waals surface area contributed by atoms with Crippen LogP contribution in [0.15, 0.2) is 12.1 Å². The number of ether oxygens (including phenoxy) is 1. The molecule has 0 bridgehead atoms. The Labute approximate surface area is 109 Å². The van der Waals surface area contributed by atoms with Crippen molar-refractivity contribution in [2.45, 2.75) is 33.3 Å². The monoisotopic (exact) mass is 244 g/mol. The molecule has 0 heterocycles. The fourth-order valence-corrected chi connectivity index (χ4v) is 1.83. The molecule has 2 heteroatoms. The molecular formula is C16H20O2. The predicted molar refractivity (Wildman–Crippen MR) is 75.7 cm³/mol. The second-order valence-electron chi connectivity index (χ2n) is 4.68. The number of aryl methyl sites for hydroxylation is 1. The smallest absolute Gasteiger partial charge is 0.141 e. The normalized spacial score (nSPS) is 14.3. The number of benzene rings is 1. The van der Waals surface area contributed by atoms with Crippen LogP contribution in [0.3, 0.4) is 0 Å². The molecule has 0 saturated heterocycles. The Kier molecular flexibility index (Phi) is 4.21. The minimum atomic E-state index is -1.22. The molecule has 0 fully saturated rings. The van der Waals surface area contributed by atoms with Crippen LogP contribution in [0.25, 0.3) is 6.08 Å². The van der Waals surface area contributed by atoms with E-state index in [9.17, 15) is 5.11 Å². The van der Waals surface area contributed by atoms with Gasteiger partial charge in [-0.15, -0.1) is 6.42 Å². The van der Waals surface area contributed by atoms with Gasteiger partial charge in [-0.05, 0) is 62.1 Å². The highest BCUT2D eigenvalue weighted by Gasteiger charge is 2.13. The van der Waals surface area contributed by atoms with Crippen LogP contribution in [-0.2, 0) is 0 Å². The van der Waals surface area contributed by atoms with Crippen molar-refractivity contribution in [3.05, 3.63) is 34.4 Å². The largest absolute Gasteiger partial charge is 0.496 e. The number of aliphatic hydroxyl groups is 1. The molecule has 0 amide bonds. The molecule has 2 nitrogen and oxygen atoms in total. The van der Waals surface area contributed by atoms with Gasteiger partial charge in [0.2, 0.25) is 0 Å². The summed E-state index contributed by atoms with van der Waals surface area (Å²) in [5, 5.41) is 9.79. The van der Waals surface area contributed by atoms with Crippen LogP contribution >= 0.6 is 0 Å². The molecule has 96 valence electrons. The molecule has 1 aromatic rings. The average molecular weight is 244 g/mol. The highest BCUT2D eigenvalue weighted by atomic mass is 16.5. The van der Waals surface area contributed by atoms with Crippen molar-refractivity contribution in [3.63, 3.8) is 0 Å². The van der Waals surface area contributed by atoms with E-state index in [2.05, 4.69) is 5.92 Å². The topological polar surface area (TPSA) is 29.5 Å². The van der Waals surface area contributed by atoms with Crippen LogP contribution in [0, 0.1) is 33.1 Å². The zero-order chi connectivity index (χ0) is 13.9. The number of hydrogen-bond donors (Lipinski definition) is 1. The fraction of sp³-hybridized carbons (Fsp3) is 0.375. The van der Waals surface area contributed by atoms with Gasteiger partial charge in [0, 0.05) is 0 Å². The van der Waals surface area contributed by atoms with E-state index < -0.39 is 5.60 Å². The molecule has 18 heavy (non-hydrogen) atoms. The Bertz CT molecular complexity index is 517. The Morgan fingerprint density at radius 1 is 1.33 bits per heavy atom. The molecule has 0 aliphatic heterocycles. The summed E-state index contributed by atoms with van der Waals surface area (Å²) < 4.78 is 5.32. The van der Waals surface area contributed by atoms with E-state index in [0.717, 1.165) is 28.0 Å². The summed E-state index contributed by atoms with van der Waals surface area (Å²) in [5.41, 5.74) is 3.19. The molecule has 1 atom stereocenters. The highest BCUT2D eigenvalue weighted by molar-refractivity contribution is 5.63. The van der Waals surface area contributed by atoms with E-state index in [1.54, 1.807) is 20.1 Å². The van der Waals surface area contributed by atoms with E-state index >= 15 is 0 Å². The maximum atomic E-state index is 9.79. The van der Waals surface area contributed by atoms with Crippen LogP contribution in [0.2, 0.25) is 0 Å². The third kappa shape index (κ3) is 2.94. The summed E-state index contributed by atoms with van der Waals surface area (Å²) in [6.45, 7) is 7.66. The second kappa shape index (κ2) is 5.29. The van der Waals surface area contributed by atoms with Crippen LogP contribution in [0.1, 0.15) is 29.2 Å². The van der Waals surface area contributed by atoms with Gasteiger partial charge in [-0.3, -0.25) is 0 Å². The Morgan fingerprint density at radius 2 is 1.94 bits per heavy atom. The molecule has 1 rings (SSSR count). The van der Waals surface area contributed by atoms with Crippen molar-refractivity contribution in [2.24, 2.45) is 0 Å². The first-order valence-corrected chi connectivity index (χ1v) is 5.86. The Morgan fingerprint density at radius 3 is 2.44 bits per heavy atom. The van der Waals surface area contributed by atoms with Crippen LogP contribution in [0.5, 0.6) is 5.75 Å². The molecule has 1 aromatic carbocycles. The molecule has 0 aromatic heterocycles. The lowest BCUT2D eigenvalue weighted by molar-refractivity contribution is 0.175. The summed E-state index contributed by atoms with van der Waals surface area (Å²) in [4.78, 5) is 0. The molecule has 0 radical (unpaired) electrons. The van der Waals surface area contributed by atoms with E-state index in [4.69, 9.17) is 11.2 Å². The van der Waals surface area contributed by atoms with Gasteiger partial charge in [-0.1, -0.05) is 12.0 Å². The van der Waals surface area contributed by atoms with Gasteiger partial charge in [0.15, 0.2) is 0 Å². The van der Waals surface area contributed by atoms with Crippen LogP contribution < -0.4 is 4.74 Å². The van der Waals surface area contributed by atoms with E-state index in [1.807, 2.05) is 32.9 Å². The van der Waals surface area contributed by atoms with Crippen LogP contribution in [0.4, 0.5) is 0 Å². The molecule has 0 unspecified atom stereocenters. The van der Waals surface area contributed by atoms with Gasteiger partial charge < -0.3 is 9.84 Å². The van der Waals surface area contributed by atoms with Gasteiger partial charge in [-0.25, -0.2) is 0 Å². The maximum absolute atomic E-state index is 9.79. The fourth-order valence-electron chi connectivity index (χ4n) is 1.83. The first kappa shape index (κ1) is 14.3. The van der Waals surface area contributed by atoms with Crippen LogP contribution in [-0.4, -0.2) is 17.8 Å². The minimum absolute atomic E-state index is 0.880. The van der Waals surface area contributed by atoms with Gasteiger partial charge in [-0.2, -0.15) is 0 Å². The van der Waals surface area contributed by atoms with E-state index in [0.29, 0.717) is 0 Å². The quantitative estimate of drug-likeness (QED) is 0.828. The minimum Gasteiger partial charge on any atom is -0.496 e. The third-order valence-corrected chi connectivity index (χ3v) is 3.20. The zero-order valence-corrected chi connectivity index (χ0v) is 11.7. The van der Waals surface area contributed by atoms with Gasteiger partial charge in [0.1, 0.15) is 11.4 Å². The first-order chi connectivity index (χ1) is 8.32.